The molecule has 0 spiro atoms. The van der Waals surface area contributed by atoms with E-state index in [4.69, 9.17) is 0 Å². The van der Waals surface area contributed by atoms with Crippen LogP contribution in [0.1, 0.15) is 36.5 Å². The summed E-state index contributed by atoms with van der Waals surface area (Å²) in [6.45, 7) is 6.12. The minimum absolute atomic E-state index is 0.0820. The van der Waals surface area contributed by atoms with Crippen molar-refractivity contribution in [3.63, 3.8) is 0 Å². The number of aryl methyl sites for hydroxylation is 1. The van der Waals surface area contributed by atoms with Crippen molar-refractivity contribution in [3.8, 4) is 0 Å². The molecule has 0 heterocycles. The third-order valence-corrected chi connectivity index (χ3v) is 5.30. The maximum absolute atomic E-state index is 13.7. The largest absolute Gasteiger partial charge is 0.330 e. The number of nitrogens with one attached hydrogen (secondary N) is 1. The lowest BCUT2D eigenvalue weighted by Gasteiger charge is -2.31. The second-order valence-corrected chi connectivity index (χ2v) is 7.41. The molecule has 1 N–H and O–H groups in total. The Kier molecular flexibility index (Phi) is 7.02. The summed E-state index contributed by atoms with van der Waals surface area (Å²) in [7, 11) is 0. The summed E-state index contributed by atoms with van der Waals surface area (Å²) in [4.78, 5) is 28.2. The number of hydrogen-bond donors (Lipinski definition) is 1. The van der Waals surface area contributed by atoms with Crippen LogP contribution in [-0.2, 0) is 9.59 Å². The van der Waals surface area contributed by atoms with Crippen molar-refractivity contribution in [1.29, 1.82) is 0 Å². The third kappa shape index (κ3) is 4.95. The van der Waals surface area contributed by atoms with E-state index in [1.807, 2.05) is 98.8 Å². The summed E-state index contributed by atoms with van der Waals surface area (Å²) >= 11 is 0. The number of nitrogens with zero attached hydrogens (tertiary/aromatic N) is 1. The zero-order valence-electron chi connectivity index (χ0n) is 17.7. The van der Waals surface area contributed by atoms with Crippen molar-refractivity contribution in [2.24, 2.45) is 0 Å². The van der Waals surface area contributed by atoms with Gasteiger partial charge in [0.25, 0.3) is 0 Å². The first-order valence-electron chi connectivity index (χ1n) is 10.3. The van der Waals surface area contributed by atoms with Crippen LogP contribution in [0, 0.1) is 6.92 Å². The molecule has 0 bridgehead atoms. The van der Waals surface area contributed by atoms with E-state index in [0.29, 0.717) is 6.54 Å². The van der Waals surface area contributed by atoms with Gasteiger partial charge in [-0.05, 0) is 44.0 Å². The van der Waals surface area contributed by atoms with Gasteiger partial charge in [0.1, 0.15) is 6.04 Å². The summed E-state index contributed by atoms with van der Waals surface area (Å²) in [5, 5.41) is 2.92. The van der Waals surface area contributed by atoms with E-state index in [1.54, 1.807) is 11.8 Å². The van der Waals surface area contributed by atoms with Gasteiger partial charge >= 0.3 is 0 Å². The smallest absolute Gasteiger partial charge is 0.246 e. The number of rotatable bonds is 7. The van der Waals surface area contributed by atoms with E-state index in [-0.39, 0.29) is 11.8 Å². The van der Waals surface area contributed by atoms with Crippen molar-refractivity contribution in [2.75, 3.05) is 11.9 Å². The highest BCUT2D eigenvalue weighted by atomic mass is 16.2. The summed E-state index contributed by atoms with van der Waals surface area (Å²) in [5.74, 6) is -0.739. The molecule has 1 unspecified atom stereocenters. The zero-order chi connectivity index (χ0) is 21.5. The number of amides is 2. The average molecular weight is 401 g/mol. The van der Waals surface area contributed by atoms with Crippen molar-refractivity contribution in [2.45, 2.75) is 32.7 Å². The first-order chi connectivity index (χ1) is 14.5. The minimum Gasteiger partial charge on any atom is -0.330 e. The highest BCUT2D eigenvalue weighted by molar-refractivity contribution is 5.98. The van der Waals surface area contributed by atoms with Gasteiger partial charge in [0.05, 0.1) is 5.92 Å². The summed E-state index contributed by atoms with van der Waals surface area (Å²) < 4.78 is 0. The third-order valence-electron chi connectivity index (χ3n) is 5.30. The van der Waals surface area contributed by atoms with Crippen LogP contribution in [0.15, 0.2) is 84.9 Å². The van der Waals surface area contributed by atoms with Crippen molar-refractivity contribution < 1.29 is 9.59 Å². The fraction of sp³-hybridized carbons (Fsp3) is 0.231. The second-order valence-electron chi connectivity index (χ2n) is 7.41. The molecule has 0 radical (unpaired) electrons. The van der Waals surface area contributed by atoms with Crippen LogP contribution in [0.3, 0.4) is 0 Å². The topological polar surface area (TPSA) is 49.4 Å². The lowest BCUT2D eigenvalue weighted by Crippen LogP contribution is -2.47. The molecule has 1 atom stereocenters. The molecule has 154 valence electrons. The molecule has 0 aliphatic heterocycles. The Hall–Kier alpha value is -3.40. The van der Waals surface area contributed by atoms with Crippen LogP contribution in [0.2, 0.25) is 0 Å². The van der Waals surface area contributed by atoms with Gasteiger partial charge in [0.15, 0.2) is 0 Å². The summed E-state index contributed by atoms with van der Waals surface area (Å²) in [6.07, 6.45) is 0. The number of hydrogen-bond acceptors (Lipinski definition) is 2. The molecule has 0 aliphatic carbocycles. The van der Waals surface area contributed by atoms with E-state index in [1.165, 1.54) is 0 Å². The Morgan fingerprint density at radius 3 is 1.80 bits per heavy atom. The Morgan fingerprint density at radius 1 is 0.833 bits per heavy atom. The van der Waals surface area contributed by atoms with Crippen molar-refractivity contribution in [1.82, 2.24) is 4.90 Å². The molecule has 2 amide bonds. The number of carbonyl (C=O) groups excluding carboxylic acids is 2. The van der Waals surface area contributed by atoms with E-state index in [0.717, 1.165) is 22.4 Å². The van der Waals surface area contributed by atoms with Crippen LogP contribution >= 0.6 is 0 Å². The molecule has 4 heteroatoms. The molecule has 3 aromatic rings. The van der Waals surface area contributed by atoms with Crippen LogP contribution in [0.25, 0.3) is 0 Å². The lowest BCUT2D eigenvalue weighted by molar-refractivity contribution is -0.138. The van der Waals surface area contributed by atoms with Crippen LogP contribution in [-0.4, -0.2) is 29.3 Å². The van der Waals surface area contributed by atoms with Gasteiger partial charge in [-0.2, -0.15) is 0 Å². The van der Waals surface area contributed by atoms with Crippen LogP contribution in [0.5, 0.6) is 0 Å². The molecule has 0 aromatic heterocycles. The summed E-state index contributed by atoms with van der Waals surface area (Å²) in [5.41, 5.74) is 3.68. The molecule has 30 heavy (non-hydrogen) atoms. The van der Waals surface area contributed by atoms with Gasteiger partial charge in [0, 0.05) is 12.2 Å². The van der Waals surface area contributed by atoms with Gasteiger partial charge in [-0.1, -0.05) is 78.4 Å². The highest BCUT2D eigenvalue weighted by Gasteiger charge is 2.32. The number of likely N-dealkylation sites (N-methyl/N-ethyl adjacent to an activating group) is 1. The predicted octanol–water partition coefficient (Wildman–Crippen LogP) is 5.00. The second kappa shape index (κ2) is 9.88. The fourth-order valence-electron chi connectivity index (χ4n) is 3.58. The van der Waals surface area contributed by atoms with Crippen molar-refractivity contribution >= 4 is 17.5 Å². The standard InChI is InChI=1S/C26H28N2O2/c1-4-28(20(3)25(29)27-23-17-15-19(2)16-18-23)26(30)24(21-11-7-5-8-12-21)22-13-9-6-10-14-22/h5-18,20,24H,4H2,1-3H3,(H,27,29). The predicted molar refractivity (Wildman–Crippen MR) is 121 cm³/mol. The van der Waals surface area contributed by atoms with E-state index < -0.39 is 12.0 Å². The summed E-state index contributed by atoms with van der Waals surface area (Å²) in [6, 6.07) is 26.5. The Morgan fingerprint density at radius 2 is 1.33 bits per heavy atom. The van der Waals surface area contributed by atoms with Crippen LogP contribution in [0.4, 0.5) is 5.69 Å². The normalized spacial score (nSPS) is 11.7. The molecule has 3 rings (SSSR count). The Labute approximate surface area is 178 Å². The van der Waals surface area contributed by atoms with E-state index in [9.17, 15) is 9.59 Å². The quantitative estimate of drug-likeness (QED) is 0.607. The Balaban J connectivity index is 1.86. The molecule has 3 aromatic carbocycles. The van der Waals surface area contributed by atoms with Gasteiger partial charge in [-0.15, -0.1) is 0 Å². The molecule has 0 saturated carbocycles. The first-order valence-corrected chi connectivity index (χ1v) is 10.3. The number of carbonyl (C=O) groups is 2. The van der Waals surface area contributed by atoms with Gasteiger partial charge in [-0.25, -0.2) is 0 Å². The van der Waals surface area contributed by atoms with Gasteiger partial charge < -0.3 is 10.2 Å². The fourth-order valence-corrected chi connectivity index (χ4v) is 3.58. The average Bonchev–Trinajstić information content (AvgIpc) is 2.77. The molecular weight excluding hydrogens is 372 g/mol. The molecule has 0 aliphatic rings. The molecule has 4 nitrogen and oxygen atoms in total. The van der Waals surface area contributed by atoms with Crippen LogP contribution < -0.4 is 5.32 Å². The van der Waals surface area contributed by atoms with E-state index in [2.05, 4.69) is 5.32 Å². The SMILES string of the molecule is CCN(C(=O)C(c1ccccc1)c1ccccc1)C(C)C(=O)Nc1ccc(C)cc1. The monoisotopic (exact) mass is 400 g/mol. The zero-order valence-corrected chi connectivity index (χ0v) is 17.7. The minimum atomic E-state index is -0.598. The molecule has 0 saturated heterocycles. The number of anilines is 1. The highest BCUT2D eigenvalue weighted by Crippen LogP contribution is 2.27. The van der Waals surface area contributed by atoms with Gasteiger partial charge in [0.2, 0.25) is 11.8 Å². The Bertz CT molecular complexity index is 929. The molecule has 0 fully saturated rings. The van der Waals surface area contributed by atoms with Crippen molar-refractivity contribution in [3.05, 3.63) is 102 Å². The first kappa shape index (κ1) is 21.3. The maximum atomic E-state index is 13.7. The molecular formula is C26H28N2O2. The lowest BCUT2D eigenvalue weighted by atomic mass is 9.89. The van der Waals surface area contributed by atoms with Gasteiger partial charge in [-0.3, -0.25) is 9.59 Å². The maximum Gasteiger partial charge on any atom is 0.246 e. The van der Waals surface area contributed by atoms with E-state index >= 15 is 0 Å². The number of benzene rings is 3.